The van der Waals surface area contributed by atoms with Crippen molar-refractivity contribution in [2.24, 2.45) is 0 Å². The zero-order chi connectivity index (χ0) is 9.03. The van der Waals surface area contributed by atoms with Crippen LogP contribution in [0.1, 0.15) is 26.3 Å². The Balaban J connectivity index is 0.00000144. The molecule has 0 heterocycles. The molecule has 0 saturated heterocycles. The van der Waals surface area contributed by atoms with Gasteiger partial charge in [-0.3, -0.25) is 0 Å². The normalized spacial score (nSPS) is 10.7. The molecule has 1 aromatic rings. The highest BCUT2D eigenvalue weighted by Crippen LogP contribution is 2.10. The Bertz CT molecular complexity index is 226. The summed E-state index contributed by atoms with van der Waals surface area (Å²) in [5.74, 6) is 0. The van der Waals surface area contributed by atoms with Crippen LogP contribution >= 0.6 is 0 Å². The molecule has 0 fully saturated rings. The van der Waals surface area contributed by atoms with Gasteiger partial charge in [0.25, 0.3) is 0 Å². The average molecular weight is 181 g/mol. The fraction of sp³-hybridized carbons (Fsp3) is 0.455. The van der Waals surface area contributed by atoms with Gasteiger partial charge in [0.1, 0.15) is 0 Å². The van der Waals surface area contributed by atoms with Crippen molar-refractivity contribution in [3.63, 3.8) is 0 Å². The molecule has 0 spiro atoms. The third-order valence-electron chi connectivity index (χ3n) is 1.51. The molecular formula is C11H19NO. The molecule has 0 radical (unpaired) electrons. The lowest BCUT2D eigenvalue weighted by Gasteiger charge is -2.19. The third kappa shape index (κ3) is 5.39. The lowest BCUT2D eigenvalue weighted by Crippen LogP contribution is -2.18. The quantitative estimate of drug-likeness (QED) is 0.761. The van der Waals surface area contributed by atoms with Gasteiger partial charge >= 0.3 is 0 Å². The number of rotatable bonds is 2. The van der Waals surface area contributed by atoms with Gasteiger partial charge in [0.2, 0.25) is 0 Å². The van der Waals surface area contributed by atoms with E-state index in [-0.39, 0.29) is 11.8 Å². The first-order chi connectivity index (χ1) is 5.58. The molecule has 0 amide bonds. The molecule has 0 aliphatic rings. The van der Waals surface area contributed by atoms with Crippen LogP contribution in [0.15, 0.2) is 30.3 Å². The Morgan fingerprint density at radius 2 is 1.62 bits per heavy atom. The van der Waals surface area contributed by atoms with Crippen molar-refractivity contribution >= 4 is 0 Å². The summed E-state index contributed by atoms with van der Waals surface area (Å²) in [5, 5.41) is 0. The minimum Gasteiger partial charge on any atom is -0.371 e. The van der Waals surface area contributed by atoms with Gasteiger partial charge < -0.3 is 10.9 Å². The van der Waals surface area contributed by atoms with Crippen LogP contribution in [-0.2, 0) is 11.3 Å². The Kier molecular flexibility index (Phi) is 4.67. The Morgan fingerprint density at radius 3 is 2.08 bits per heavy atom. The summed E-state index contributed by atoms with van der Waals surface area (Å²) in [5.41, 5.74) is 1.18. The van der Waals surface area contributed by atoms with Gasteiger partial charge in [-0.15, -0.1) is 0 Å². The second-order valence-electron chi connectivity index (χ2n) is 3.89. The molecular weight excluding hydrogens is 162 g/mol. The maximum Gasteiger partial charge on any atom is 0.0724 e. The molecule has 0 bridgehead atoms. The molecule has 1 rings (SSSR count). The SMILES string of the molecule is CC(C)(C)OCc1ccccc1.N. The van der Waals surface area contributed by atoms with E-state index in [9.17, 15) is 0 Å². The zero-order valence-electron chi connectivity index (χ0n) is 8.71. The second kappa shape index (κ2) is 5.00. The fourth-order valence-corrected chi connectivity index (χ4v) is 0.874. The molecule has 0 unspecified atom stereocenters. The molecule has 0 aromatic heterocycles. The Morgan fingerprint density at radius 1 is 1.08 bits per heavy atom. The van der Waals surface area contributed by atoms with E-state index in [0.29, 0.717) is 6.61 Å². The van der Waals surface area contributed by atoms with E-state index in [0.717, 1.165) is 0 Å². The highest BCUT2D eigenvalue weighted by Gasteiger charge is 2.09. The largest absolute Gasteiger partial charge is 0.371 e. The van der Waals surface area contributed by atoms with Crippen molar-refractivity contribution in [2.45, 2.75) is 33.0 Å². The van der Waals surface area contributed by atoms with Crippen LogP contribution in [0, 0.1) is 0 Å². The van der Waals surface area contributed by atoms with Gasteiger partial charge in [0.15, 0.2) is 0 Å². The van der Waals surface area contributed by atoms with E-state index >= 15 is 0 Å². The molecule has 13 heavy (non-hydrogen) atoms. The second-order valence-corrected chi connectivity index (χ2v) is 3.89. The summed E-state index contributed by atoms with van der Waals surface area (Å²) in [6.45, 7) is 6.90. The van der Waals surface area contributed by atoms with Gasteiger partial charge in [-0.05, 0) is 26.3 Å². The number of hydrogen-bond acceptors (Lipinski definition) is 2. The van der Waals surface area contributed by atoms with Gasteiger partial charge in [-0.1, -0.05) is 30.3 Å². The lowest BCUT2D eigenvalue weighted by molar-refractivity contribution is -0.0149. The summed E-state index contributed by atoms with van der Waals surface area (Å²) >= 11 is 0. The minimum absolute atomic E-state index is 0. The molecule has 1 aromatic carbocycles. The van der Waals surface area contributed by atoms with Crippen LogP contribution in [0.25, 0.3) is 0 Å². The first-order valence-electron chi connectivity index (χ1n) is 4.26. The van der Waals surface area contributed by atoms with Crippen LogP contribution in [-0.4, -0.2) is 5.60 Å². The Labute approximate surface area is 80.5 Å². The third-order valence-corrected chi connectivity index (χ3v) is 1.51. The number of benzene rings is 1. The summed E-state index contributed by atoms with van der Waals surface area (Å²) in [4.78, 5) is 0. The molecule has 3 N–H and O–H groups in total. The average Bonchev–Trinajstić information content (AvgIpc) is 2.02. The van der Waals surface area contributed by atoms with Crippen molar-refractivity contribution < 1.29 is 4.74 Å². The molecule has 0 saturated carbocycles. The van der Waals surface area contributed by atoms with E-state index in [1.54, 1.807) is 0 Å². The highest BCUT2D eigenvalue weighted by atomic mass is 16.5. The van der Waals surface area contributed by atoms with Crippen molar-refractivity contribution in [3.8, 4) is 0 Å². The van der Waals surface area contributed by atoms with Crippen LogP contribution in [0.2, 0.25) is 0 Å². The number of ether oxygens (including phenoxy) is 1. The first kappa shape index (κ1) is 12.1. The Hall–Kier alpha value is -0.860. The summed E-state index contributed by atoms with van der Waals surface area (Å²) < 4.78 is 5.62. The first-order valence-corrected chi connectivity index (χ1v) is 4.26. The van der Waals surface area contributed by atoms with E-state index in [4.69, 9.17) is 4.74 Å². The van der Waals surface area contributed by atoms with Gasteiger partial charge in [-0.25, -0.2) is 0 Å². The summed E-state index contributed by atoms with van der Waals surface area (Å²) in [6.07, 6.45) is 0. The fourth-order valence-electron chi connectivity index (χ4n) is 0.874. The maximum atomic E-state index is 5.62. The van der Waals surface area contributed by atoms with E-state index in [1.165, 1.54) is 5.56 Å². The molecule has 0 atom stereocenters. The number of hydrogen-bond donors (Lipinski definition) is 1. The maximum absolute atomic E-state index is 5.62. The monoisotopic (exact) mass is 181 g/mol. The van der Waals surface area contributed by atoms with Crippen LogP contribution in [0.4, 0.5) is 0 Å². The van der Waals surface area contributed by atoms with Crippen LogP contribution in [0.3, 0.4) is 0 Å². The van der Waals surface area contributed by atoms with Gasteiger partial charge in [0.05, 0.1) is 12.2 Å². The summed E-state index contributed by atoms with van der Waals surface area (Å²) in [7, 11) is 0. The van der Waals surface area contributed by atoms with Crippen molar-refractivity contribution in [1.29, 1.82) is 0 Å². The van der Waals surface area contributed by atoms with Crippen molar-refractivity contribution in [1.82, 2.24) is 6.15 Å². The standard InChI is InChI=1S/C11H16O.H3N/c1-11(2,3)12-9-10-7-5-4-6-8-10;/h4-8H,9H2,1-3H3;1H3. The zero-order valence-corrected chi connectivity index (χ0v) is 8.71. The van der Waals surface area contributed by atoms with E-state index < -0.39 is 0 Å². The van der Waals surface area contributed by atoms with Gasteiger partial charge in [-0.2, -0.15) is 0 Å². The topological polar surface area (TPSA) is 44.2 Å². The van der Waals surface area contributed by atoms with E-state index in [1.807, 2.05) is 18.2 Å². The predicted molar refractivity (Wildman–Crippen MR) is 56.0 cm³/mol. The van der Waals surface area contributed by atoms with Crippen molar-refractivity contribution in [3.05, 3.63) is 35.9 Å². The lowest BCUT2D eigenvalue weighted by atomic mass is 10.2. The summed E-state index contributed by atoms with van der Waals surface area (Å²) in [6, 6.07) is 10.2. The molecule has 0 aliphatic carbocycles. The predicted octanol–water partition coefficient (Wildman–Crippen LogP) is 3.16. The molecule has 2 nitrogen and oxygen atoms in total. The van der Waals surface area contributed by atoms with Crippen molar-refractivity contribution in [2.75, 3.05) is 0 Å². The smallest absolute Gasteiger partial charge is 0.0724 e. The minimum atomic E-state index is -0.0458. The molecule has 0 aliphatic heterocycles. The highest BCUT2D eigenvalue weighted by molar-refractivity contribution is 5.13. The molecule has 2 heteroatoms. The van der Waals surface area contributed by atoms with Crippen LogP contribution < -0.4 is 6.15 Å². The van der Waals surface area contributed by atoms with E-state index in [2.05, 4.69) is 32.9 Å². The van der Waals surface area contributed by atoms with Crippen LogP contribution in [0.5, 0.6) is 0 Å². The molecule has 74 valence electrons. The van der Waals surface area contributed by atoms with Gasteiger partial charge in [0, 0.05) is 0 Å².